The zero-order valence-corrected chi connectivity index (χ0v) is 16.7. The number of aromatic nitrogens is 4. The minimum atomic E-state index is 0.640. The first-order valence-corrected chi connectivity index (χ1v) is 9.66. The maximum Gasteiger partial charge on any atom is 0.193 e. The van der Waals surface area contributed by atoms with Crippen LogP contribution in [0.25, 0.3) is 16.9 Å². The van der Waals surface area contributed by atoms with Crippen LogP contribution in [0.5, 0.6) is 0 Å². The number of nitrogens with one attached hydrogen (secondary N) is 2. The summed E-state index contributed by atoms with van der Waals surface area (Å²) in [6.07, 6.45) is 6.78. The Kier molecular flexibility index (Phi) is 5.56. The van der Waals surface area contributed by atoms with Gasteiger partial charge in [-0.05, 0) is 17.7 Å². The van der Waals surface area contributed by atoms with E-state index in [1.165, 1.54) is 0 Å². The summed E-state index contributed by atoms with van der Waals surface area (Å²) < 4.78 is 2.04. The van der Waals surface area contributed by atoms with Gasteiger partial charge in [-0.15, -0.1) is 0 Å². The van der Waals surface area contributed by atoms with E-state index in [1.54, 1.807) is 7.05 Å². The Hall–Kier alpha value is -3.61. The number of imidazole rings is 2. The van der Waals surface area contributed by atoms with Crippen LogP contribution in [-0.2, 0) is 13.0 Å². The van der Waals surface area contributed by atoms with Crippen LogP contribution in [0.15, 0.2) is 72.1 Å². The number of pyridine rings is 1. The van der Waals surface area contributed by atoms with Crippen LogP contribution < -0.4 is 5.32 Å². The van der Waals surface area contributed by atoms with E-state index in [2.05, 4.69) is 48.5 Å². The van der Waals surface area contributed by atoms with Crippen molar-refractivity contribution in [3.63, 3.8) is 0 Å². The van der Waals surface area contributed by atoms with Crippen molar-refractivity contribution < 1.29 is 0 Å². The number of guanidine groups is 1. The van der Waals surface area contributed by atoms with Crippen molar-refractivity contribution in [3.8, 4) is 11.3 Å². The molecule has 0 amide bonds. The van der Waals surface area contributed by atoms with Crippen LogP contribution in [0.4, 0.5) is 0 Å². The largest absolute Gasteiger partial charge is 0.356 e. The Bertz CT molecular complexity index is 1060. The van der Waals surface area contributed by atoms with Gasteiger partial charge in [0.2, 0.25) is 0 Å². The molecule has 3 aromatic heterocycles. The van der Waals surface area contributed by atoms with Crippen molar-refractivity contribution in [1.82, 2.24) is 29.6 Å². The summed E-state index contributed by atoms with van der Waals surface area (Å²) >= 11 is 0. The van der Waals surface area contributed by atoms with Gasteiger partial charge in [0.05, 0.1) is 24.1 Å². The maximum atomic E-state index is 4.63. The molecule has 148 valence electrons. The van der Waals surface area contributed by atoms with E-state index in [0.717, 1.165) is 47.3 Å². The maximum absolute atomic E-state index is 4.63. The molecule has 0 aliphatic carbocycles. The van der Waals surface area contributed by atoms with Crippen molar-refractivity contribution in [2.24, 2.45) is 4.99 Å². The number of hydrogen-bond acceptors (Lipinski definition) is 3. The summed E-state index contributed by atoms with van der Waals surface area (Å²) in [5, 5.41) is 3.41. The number of rotatable bonds is 6. The smallest absolute Gasteiger partial charge is 0.193 e. The summed E-state index contributed by atoms with van der Waals surface area (Å²) in [7, 11) is 3.80. The Morgan fingerprint density at radius 1 is 1.17 bits per heavy atom. The first-order chi connectivity index (χ1) is 14.2. The molecule has 3 heterocycles. The van der Waals surface area contributed by atoms with Gasteiger partial charge in [-0.25, -0.2) is 9.97 Å². The summed E-state index contributed by atoms with van der Waals surface area (Å²) in [6, 6.07) is 16.2. The molecule has 0 fully saturated rings. The van der Waals surface area contributed by atoms with Gasteiger partial charge in [-0.2, -0.15) is 0 Å². The highest BCUT2D eigenvalue weighted by Gasteiger charge is 2.10. The Morgan fingerprint density at radius 2 is 2.00 bits per heavy atom. The van der Waals surface area contributed by atoms with E-state index in [-0.39, 0.29) is 0 Å². The highest BCUT2D eigenvalue weighted by atomic mass is 15.3. The molecule has 0 unspecified atom stereocenters. The number of hydrogen-bond donors (Lipinski definition) is 2. The van der Waals surface area contributed by atoms with Gasteiger partial charge < -0.3 is 19.6 Å². The van der Waals surface area contributed by atoms with Gasteiger partial charge in [0, 0.05) is 39.5 Å². The van der Waals surface area contributed by atoms with Gasteiger partial charge in [-0.3, -0.25) is 4.99 Å². The van der Waals surface area contributed by atoms with E-state index >= 15 is 0 Å². The molecule has 4 rings (SSSR count). The van der Waals surface area contributed by atoms with Gasteiger partial charge in [0.1, 0.15) is 11.5 Å². The third-order valence-electron chi connectivity index (χ3n) is 4.75. The van der Waals surface area contributed by atoms with Crippen LogP contribution in [0.1, 0.15) is 11.5 Å². The summed E-state index contributed by atoms with van der Waals surface area (Å²) in [5.41, 5.74) is 4.17. The molecule has 0 spiro atoms. The van der Waals surface area contributed by atoms with Crippen molar-refractivity contribution in [1.29, 1.82) is 0 Å². The lowest BCUT2D eigenvalue weighted by Gasteiger charge is -2.20. The lowest BCUT2D eigenvalue weighted by molar-refractivity contribution is 0.464. The molecule has 7 heteroatoms. The number of aromatic amines is 1. The molecule has 0 aliphatic rings. The van der Waals surface area contributed by atoms with Crippen LogP contribution in [0, 0.1) is 0 Å². The van der Waals surface area contributed by atoms with Crippen LogP contribution >= 0.6 is 0 Å². The molecule has 29 heavy (non-hydrogen) atoms. The average molecular weight is 387 g/mol. The Morgan fingerprint density at radius 3 is 2.79 bits per heavy atom. The molecule has 2 N–H and O–H groups in total. The van der Waals surface area contributed by atoms with Crippen molar-refractivity contribution >= 4 is 11.6 Å². The molecular formula is C22H25N7. The monoisotopic (exact) mass is 387 g/mol. The van der Waals surface area contributed by atoms with E-state index in [0.29, 0.717) is 6.54 Å². The number of fused-ring (bicyclic) bond motifs is 1. The van der Waals surface area contributed by atoms with Gasteiger partial charge in [0.25, 0.3) is 0 Å². The number of benzene rings is 1. The topological polar surface area (TPSA) is 73.6 Å². The van der Waals surface area contributed by atoms with Crippen LogP contribution in [0.3, 0.4) is 0 Å². The van der Waals surface area contributed by atoms with E-state index in [9.17, 15) is 0 Å². The third-order valence-corrected chi connectivity index (χ3v) is 4.75. The lowest BCUT2D eigenvalue weighted by atomic mass is 10.2. The van der Waals surface area contributed by atoms with Gasteiger partial charge >= 0.3 is 0 Å². The highest BCUT2D eigenvalue weighted by molar-refractivity contribution is 5.79. The number of aliphatic imine (C=N–C) groups is 1. The zero-order valence-electron chi connectivity index (χ0n) is 16.7. The number of nitrogens with zero attached hydrogens (tertiary/aromatic N) is 5. The summed E-state index contributed by atoms with van der Waals surface area (Å²) in [6.45, 7) is 1.40. The van der Waals surface area contributed by atoms with E-state index in [4.69, 9.17) is 0 Å². The normalized spacial score (nSPS) is 11.7. The quantitative estimate of drug-likeness (QED) is 0.394. The third kappa shape index (κ3) is 4.45. The second kappa shape index (κ2) is 8.60. The molecule has 7 nitrogen and oxygen atoms in total. The molecule has 0 aliphatic heterocycles. The molecule has 0 bridgehead atoms. The predicted molar refractivity (Wildman–Crippen MR) is 116 cm³/mol. The van der Waals surface area contributed by atoms with Crippen LogP contribution in [-0.4, -0.2) is 50.9 Å². The van der Waals surface area contributed by atoms with Crippen LogP contribution in [0.2, 0.25) is 0 Å². The van der Waals surface area contributed by atoms with Gasteiger partial charge in [-0.1, -0.05) is 36.4 Å². The van der Waals surface area contributed by atoms with Crippen molar-refractivity contribution in [2.75, 3.05) is 20.6 Å². The first kappa shape index (κ1) is 18.7. The highest BCUT2D eigenvalue weighted by Crippen LogP contribution is 2.16. The fraction of sp³-hybridized carbons (Fsp3) is 0.227. The molecule has 0 saturated heterocycles. The van der Waals surface area contributed by atoms with Crippen molar-refractivity contribution in [2.45, 2.75) is 13.0 Å². The summed E-state index contributed by atoms with van der Waals surface area (Å²) in [5.74, 6) is 1.72. The fourth-order valence-electron chi connectivity index (χ4n) is 3.30. The lowest BCUT2D eigenvalue weighted by Crippen LogP contribution is -2.39. The molecule has 0 atom stereocenters. The van der Waals surface area contributed by atoms with Gasteiger partial charge in [0.15, 0.2) is 5.96 Å². The van der Waals surface area contributed by atoms with Crippen molar-refractivity contribution in [3.05, 3.63) is 78.6 Å². The van der Waals surface area contributed by atoms with E-state index in [1.807, 2.05) is 60.2 Å². The molecule has 0 radical (unpaired) electrons. The molecule has 4 aromatic rings. The fourth-order valence-corrected chi connectivity index (χ4v) is 3.30. The first-order valence-electron chi connectivity index (χ1n) is 9.66. The Labute approximate surface area is 170 Å². The minimum Gasteiger partial charge on any atom is -0.356 e. The van der Waals surface area contributed by atoms with E-state index < -0.39 is 0 Å². The molecule has 0 saturated carbocycles. The average Bonchev–Trinajstić information content (AvgIpc) is 3.38. The number of H-pyrrole nitrogens is 1. The summed E-state index contributed by atoms with van der Waals surface area (Å²) in [4.78, 5) is 19.0. The predicted octanol–water partition coefficient (Wildman–Crippen LogP) is 2.97. The Balaban J connectivity index is 1.32. The second-order valence-electron chi connectivity index (χ2n) is 6.89. The second-order valence-corrected chi connectivity index (χ2v) is 6.89. The molecule has 1 aromatic carbocycles. The SMILES string of the molecule is CN=C(NCCc1cn2ccccc2n1)N(C)Cc1ncc(-c2ccccc2)[nH]1. The minimum absolute atomic E-state index is 0.640. The molecular weight excluding hydrogens is 362 g/mol. The zero-order chi connectivity index (χ0) is 20.1. The standard InChI is InChI=1S/C22H25N7/c1-23-22(24-12-11-18-15-29-13-7-6-10-21(29)26-18)28(2)16-20-25-14-19(27-20)17-8-4-3-5-9-17/h3-10,13-15H,11-12,16H2,1-2H3,(H,23,24)(H,25,27).